The van der Waals surface area contributed by atoms with Crippen molar-refractivity contribution >= 4 is 0 Å². The Morgan fingerprint density at radius 2 is 1.68 bits per heavy atom. The Balaban J connectivity index is 0. The van der Waals surface area contributed by atoms with E-state index in [1.54, 1.807) is 0 Å². The van der Waals surface area contributed by atoms with Gasteiger partial charge in [0.2, 0.25) is 0 Å². The van der Waals surface area contributed by atoms with Gasteiger partial charge in [0.1, 0.15) is 0 Å². The molecule has 4 heteroatoms. The predicted molar refractivity (Wildman–Crippen MR) is 94.5 cm³/mol. The fourth-order valence-corrected chi connectivity index (χ4v) is 3.80. The minimum Gasteiger partial charge on any atom is -1.00 e. The Morgan fingerprint density at radius 3 is 2.12 bits per heavy atom. The molecule has 0 bridgehead atoms. The van der Waals surface area contributed by atoms with Gasteiger partial charge in [-0.05, 0) is 36.7 Å². The third-order valence-electron chi connectivity index (χ3n) is 4.86. The van der Waals surface area contributed by atoms with Crippen LogP contribution in [0.15, 0.2) is 41.5 Å². The number of allylic oxidation sites excluding steroid dienone is 5. The van der Waals surface area contributed by atoms with E-state index in [0.29, 0.717) is 0 Å². The molecule has 0 aliphatic heterocycles. The van der Waals surface area contributed by atoms with Gasteiger partial charge < -0.3 is 29.6 Å². The molecule has 1 atom stereocenters. The van der Waals surface area contributed by atoms with Gasteiger partial charge in [0, 0.05) is 0 Å². The predicted octanol–water partition coefficient (Wildman–Crippen LogP) is -0.196. The maximum Gasteiger partial charge on any atom is 3.00 e. The van der Waals surface area contributed by atoms with Gasteiger partial charge in [-0.15, -0.1) is 6.42 Å². The third kappa shape index (κ3) is 5.36. The van der Waals surface area contributed by atoms with Crippen molar-refractivity contribution in [1.29, 1.82) is 0 Å². The summed E-state index contributed by atoms with van der Waals surface area (Å²) in [4.78, 5) is 0. The molecule has 0 amide bonds. The summed E-state index contributed by atoms with van der Waals surface area (Å²) in [7, 11) is 0. The van der Waals surface area contributed by atoms with Crippen molar-refractivity contribution < 1.29 is 51.3 Å². The summed E-state index contributed by atoms with van der Waals surface area (Å²) in [5, 5.41) is 0. The van der Waals surface area contributed by atoms with Gasteiger partial charge in [-0.3, -0.25) is 6.08 Å². The summed E-state index contributed by atoms with van der Waals surface area (Å²) in [6, 6.07) is 0. The molecule has 0 N–H and O–H groups in total. The van der Waals surface area contributed by atoms with Crippen LogP contribution in [0.4, 0.5) is 0 Å². The first kappa shape index (κ1) is 27.4. The molecule has 2 aliphatic carbocycles. The molecule has 0 fully saturated rings. The van der Waals surface area contributed by atoms with Crippen molar-refractivity contribution in [2.45, 2.75) is 73.0 Å². The van der Waals surface area contributed by atoms with Gasteiger partial charge >= 0.3 is 21.7 Å². The van der Waals surface area contributed by atoms with Crippen molar-refractivity contribution in [1.82, 2.24) is 0 Å². The first-order valence-electron chi connectivity index (χ1n) is 8.45. The Morgan fingerprint density at radius 1 is 1.08 bits per heavy atom. The third-order valence-corrected chi connectivity index (χ3v) is 4.86. The second-order valence-corrected chi connectivity index (χ2v) is 8.28. The molecule has 0 spiro atoms. The molecule has 0 aromatic rings. The molecule has 1 unspecified atom stereocenters. The number of rotatable bonds is 4. The summed E-state index contributed by atoms with van der Waals surface area (Å²) in [5.41, 5.74) is 2.30. The van der Waals surface area contributed by atoms with Crippen LogP contribution >= 0.6 is 0 Å². The molecule has 0 saturated carbocycles. The normalized spacial score (nSPS) is 22.6. The van der Waals surface area contributed by atoms with Crippen molar-refractivity contribution in [2.24, 2.45) is 10.8 Å². The van der Waals surface area contributed by atoms with Crippen molar-refractivity contribution in [2.75, 3.05) is 0 Å². The zero-order chi connectivity index (χ0) is 16.6. The molecule has 2 rings (SSSR count). The van der Waals surface area contributed by atoms with E-state index in [2.05, 4.69) is 84.9 Å². The molecule has 2 aliphatic rings. The van der Waals surface area contributed by atoms with E-state index in [1.165, 1.54) is 11.1 Å². The summed E-state index contributed by atoms with van der Waals surface area (Å²) in [5.74, 6) is 0. The monoisotopic (exact) mass is 417 g/mol. The second kappa shape index (κ2) is 9.95. The molecular weight excluding hydrogens is 387 g/mol. The van der Waals surface area contributed by atoms with Gasteiger partial charge in [-0.1, -0.05) is 52.8 Å². The fraction of sp³-hybridized carbons (Fsp3) is 0.619. The van der Waals surface area contributed by atoms with Crippen molar-refractivity contribution in [3.8, 4) is 0 Å². The van der Waals surface area contributed by atoms with Crippen LogP contribution in [0.2, 0.25) is 0 Å². The van der Waals surface area contributed by atoms with Gasteiger partial charge in [0.05, 0.1) is 11.7 Å². The molecule has 0 aromatic carbocycles. The molecule has 1 radical (unpaired) electrons. The van der Waals surface area contributed by atoms with E-state index in [1.807, 2.05) is 0 Å². The molecule has 25 heavy (non-hydrogen) atoms. The van der Waals surface area contributed by atoms with Crippen LogP contribution in [0.25, 0.3) is 0 Å². The van der Waals surface area contributed by atoms with Gasteiger partial charge in [-0.25, -0.2) is 11.6 Å². The van der Waals surface area contributed by atoms with E-state index in [9.17, 15) is 0 Å². The minimum atomic E-state index is -0.314. The van der Waals surface area contributed by atoms with Crippen LogP contribution in [0, 0.1) is 16.9 Å². The molecular formula is C21H31Cl2OTi. The Bertz CT molecular complexity index is 551. The largest absolute Gasteiger partial charge is 3.00 e. The zero-order valence-corrected chi connectivity index (χ0v) is 19.6. The van der Waals surface area contributed by atoms with Crippen molar-refractivity contribution in [3.05, 3.63) is 47.6 Å². The Labute approximate surface area is 182 Å². The van der Waals surface area contributed by atoms with E-state index in [4.69, 9.17) is 4.74 Å². The molecule has 0 saturated heterocycles. The van der Waals surface area contributed by atoms with Gasteiger partial charge in [0.15, 0.2) is 0 Å². The average molecular weight is 418 g/mol. The van der Waals surface area contributed by atoms with E-state index >= 15 is 0 Å². The summed E-state index contributed by atoms with van der Waals surface area (Å²) in [6.07, 6.45) is 16.7. The topological polar surface area (TPSA) is 9.23 Å². The maximum absolute atomic E-state index is 6.68. The second-order valence-electron chi connectivity index (χ2n) is 8.28. The number of hydrogen-bond acceptors (Lipinski definition) is 1. The molecule has 0 aromatic heterocycles. The first-order valence-corrected chi connectivity index (χ1v) is 8.45. The van der Waals surface area contributed by atoms with Crippen molar-refractivity contribution in [3.63, 3.8) is 0 Å². The van der Waals surface area contributed by atoms with E-state index in [0.717, 1.165) is 12.8 Å². The van der Waals surface area contributed by atoms with Crippen LogP contribution in [-0.4, -0.2) is 11.7 Å². The number of hydrogen-bond donors (Lipinski definition) is 0. The zero-order valence-electron chi connectivity index (χ0n) is 16.5. The Hall–Kier alpha value is 0.214. The summed E-state index contributed by atoms with van der Waals surface area (Å²) < 4.78 is 6.68. The van der Waals surface area contributed by atoms with Crippen LogP contribution in [-0.2, 0) is 26.5 Å². The van der Waals surface area contributed by atoms with Crippen LogP contribution in [0.3, 0.4) is 0 Å². The van der Waals surface area contributed by atoms with Gasteiger partial charge in [0.25, 0.3) is 0 Å². The van der Waals surface area contributed by atoms with E-state index in [-0.39, 0.29) is 69.1 Å². The van der Waals surface area contributed by atoms with Gasteiger partial charge in [-0.2, -0.15) is 6.08 Å². The van der Waals surface area contributed by atoms with Crippen LogP contribution < -0.4 is 24.8 Å². The summed E-state index contributed by atoms with van der Waals surface area (Å²) in [6.45, 7) is 15.8. The standard InChI is InChI=1S/C21H31O.2ClH.Ti/c1-16(2)22-21(20(6,7)17-12-8-9-13-17)15-11-10-14-18(21)19(3,4)5;;;/h8,10-12,14,16H,9,15H2,1-7H3;2*1H;/q-1;;;+3/p-2. The number of ether oxygens (including phenoxy) is 1. The molecule has 139 valence electrons. The quantitative estimate of drug-likeness (QED) is 0.454. The first-order chi connectivity index (χ1) is 10.1. The SMILES string of the molecule is CC(C)OC1(C(C)(C)C2=[C-]CC=C2)CC=CC=C1C(C)(C)C.[Cl-].[Cl-].[Ti+3]. The fourth-order valence-electron chi connectivity index (χ4n) is 3.80. The molecule has 1 nitrogen and oxygen atoms in total. The van der Waals surface area contributed by atoms with E-state index < -0.39 is 0 Å². The smallest absolute Gasteiger partial charge is 1.00 e. The van der Waals surface area contributed by atoms with Crippen LogP contribution in [0.1, 0.15) is 61.3 Å². The molecule has 0 heterocycles. The van der Waals surface area contributed by atoms with Crippen LogP contribution in [0.5, 0.6) is 0 Å². The minimum absolute atomic E-state index is 0. The average Bonchev–Trinajstić information content (AvgIpc) is 2.91. The summed E-state index contributed by atoms with van der Waals surface area (Å²) >= 11 is 0. The Kier molecular flexibility index (Phi) is 10.9. The number of halogens is 2. The maximum atomic E-state index is 6.68.